The van der Waals surface area contributed by atoms with Gasteiger partial charge in [-0.3, -0.25) is 0 Å². The Balaban J connectivity index is 1.34. The highest BCUT2D eigenvalue weighted by Gasteiger charge is 2.29. The van der Waals surface area contributed by atoms with Gasteiger partial charge in [0, 0.05) is 48.3 Å². The molecule has 75 heavy (non-hydrogen) atoms. The van der Waals surface area contributed by atoms with Crippen LogP contribution in [-0.4, -0.2) is 61.4 Å². The van der Waals surface area contributed by atoms with Crippen LogP contribution >= 0.6 is 11.8 Å². The van der Waals surface area contributed by atoms with Crippen molar-refractivity contribution in [1.82, 2.24) is 0 Å². The van der Waals surface area contributed by atoms with Gasteiger partial charge in [-0.1, -0.05) is 168 Å². The molecule has 1 aliphatic carbocycles. The van der Waals surface area contributed by atoms with Crippen molar-refractivity contribution in [3.8, 4) is 34.5 Å². The van der Waals surface area contributed by atoms with E-state index in [9.17, 15) is 10.2 Å². The first-order valence-electron chi connectivity index (χ1n) is 27.0. The first-order valence-corrected chi connectivity index (χ1v) is 28.1. The molecule has 0 atom stereocenters. The van der Waals surface area contributed by atoms with Gasteiger partial charge in [0.05, 0.1) is 26.4 Å². The maximum atomic E-state index is 12.8. The van der Waals surface area contributed by atoms with Gasteiger partial charge in [-0.2, -0.15) is 11.8 Å². The maximum Gasteiger partial charge on any atom is 0.126 e. The Bertz CT molecular complexity index is 2650. The van der Waals surface area contributed by atoms with Crippen LogP contribution in [0.4, 0.5) is 0 Å². The van der Waals surface area contributed by atoms with Crippen LogP contribution in [0, 0.1) is 0 Å². The Morgan fingerprint density at radius 1 is 0.347 bits per heavy atom. The van der Waals surface area contributed by atoms with E-state index < -0.39 is 0 Å². The lowest BCUT2D eigenvalue weighted by atomic mass is 9.79. The van der Waals surface area contributed by atoms with E-state index in [-0.39, 0.29) is 46.4 Å². The highest BCUT2D eigenvalue weighted by molar-refractivity contribution is 7.99. The van der Waals surface area contributed by atoms with E-state index in [1.165, 1.54) is 0 Å². The first-order chi connectivity index (χ1) is 35.5. The van der Waals surface area contributed by atoms with Crippen LogP contribution in [0.2, 0.25) is 0 Å². The summed E-state index contributed by atoms with van der Waals surface area (Å²) in [6.45, 7) is 30.0. The van der Waals surface area contributed by atoms with Gasteiger partial charge in [0.15, 0.2) is 0 Å². The van der Waals surface area contributed by atoms with Gasteiger partial charge in [0.1, 0.15) is 60.9 Å². The number of rotatable bonds is 0. The monoisotopic (exact) mass is 1030 g/mol. The molecule has 0 fully saturated rings. The molecule has 0 saturated carbocycles. The number of aromatic hydroxyl groups is 2. The molecule has 3 aliphatic rings. The van der Waals surface area contributed by atoms with Crippen LogP contribution < -0.4 is 18.9 Å². The largest absolute Gasteiger partial charge is 0.507 e. The second kappa shape index (κ2) is 23.3. The molecule has 0 amide bonds. The molecule has 9 rings (SSSR count). The molecule has 2 aliphatic heterocycles. The molecule has 0 aromatic heterocycles. The minimum atomic E-state index is -0.230. The number of hydrogen-bond donors (Lipinski definition) is 2. The van der Waals surface area contributed by atoms with E-state index in [4.69, 9.17) is 28.4 Å². The number of phenols is 2. The van der Waals surface area contributed by atoms with Gasteiger partial charge >= 0.3 is 0 Å². The Hall–Kier alpha value is -5.61. The summed E-state index contributed by atoms with van der Waals surface area (Å²) in [5.74, 6) is 5.22. The van der Waals surface area contributed by atoms with Crippen LogP contribution in [0.3, 0.4) is 0 Å². The van der Waals surface area contributed by atoms with Crippen molar-refractivity contribution in [2.45, 2.75) is 144 Å². The molecule has 400 valence electrons. The molecule has 9 heteroatoms. The number of hydrogen-bond acceptors (Lipinski definition) is 9. The van der Waals surface area contributed by atoms with Gasteiger partial charge in [-0.05, 0) is 101 Å². The molecule has 6 aromatic carbocycles. The first kappa shape index (κ1) is 55.6. The third-order valence-electron chi connectivity index (χ3n) is 14.4. The Morgan fingerprint density at radius 2 is 0.627 bits per heavy atom. The van der Waals surface area contributed by atoms with Crippen molar-refractivity contribution in [1.29, 1.82) is 0 Å². The lowest BCUT2D eigenvalue weighted by Gasteiger charge is -2.28. The van der Waals surface area contributed by atoms with Crippen molar-refractivity contribution in [3.05, 3.63) is 175 Å². The molecule has 0 saturated heterocycles. The average molecular weight is 1040 g/mol. The molecule has 0 spiro atoms. The van der Waals surface area contributed by atoms with Gasteiger partial charge in [0.25, 0.3) is 0 Å². The lowest BCUT2D eigenvalue weighted by molar-refractivity contribution is 0.129. The SMILES string of the molecule is CC(C)(C)c1cc2c(O)c(c1)Cc1cc(C(C)(C)C)cc3c1OCCOc1ccccc1COCCSCCOCc1ccccc1OCCOc1c(cc(C(C)(C)C)cc1Cc1cc(C(C)(C)C)cc(c1O)C3)C2. The summed E-state index contributed by atoms with van der Waals surface area (Å²) in [5, 5.41) is 25.6. The predicted octanol–water partition coefficient (Wildman–Crippen LogP) is 14.7. The number of ether oxygens (including phenoxy) is 6. The van der Waals surface area contributed by atoms with Crippen molar-refractivity contribution >= 4 is 11.8 Å². The molecule has 2 heterocycles. The van der Waals surface area contributed by atoms with Gasteiger partial charge in [-0.25, -0.2) is 0 Å². The number of thioether (sulfide) groups is 1. The van der Waals surface area contributed by atoms with Crippen LogP contribution in [0.25, 0.3) is 0 Å². The Labute approximate surface area is 452 Å². The zero-order valence-electron chi connectivity index (χ0n) is 46.9. The Morgan fingerprint density at radius 3 is 0.933 bits per heavy atom. The normalized spacial score (nSPS) is 15.9. The average Bonchev–Trinajstić information content (AvgIpc) is 3.33. The fourth-order valence-corrected chi connectivity index (χ4v) is 10.5. The van der Waals surface area contributed by atoms with Crippen LogP contribution in [-0.2, 0) is 70.0 Å². The van der Waals surface area contributed by atoms with Crippen LogP contribution in [0.5, 0.6) is 34.5 Å². The van der Waals surface area contributed by atoms with Gasteiger partial charge < -0.3 is 38.6 Å². The molecular formula is C66H82O8S. The predicted molar refractivity (Wildman–Crippen MR) is 307 cm³/mol. The molecule has 10 bridgehead atoms. The molecule has 2 N–H and O–H groups in total. The highest BCUT2D eigenvalue weighted by atomic mass is 32.2. The molecule has 8 nitrogen and oxygen atoms in total. The standard InChI is InChI=1S/C66H82O8S/c1-63(2,3)53-33-45-29-49-37-55(65(7,8)9)39-51-31-47-35-54(64(4,5)6)36-48(60(47)68)32-52-40-56(66(10,11)12)38-50(30-46(34-53)59(45)67)62(52)74-24-22-72-58-20-16-14-18-44(58)42-70-26-28-75-27-25-69-41-43-17-13-15-19-57(43)71-21-23-73-61(49)51/h13-20,33-40,67-68H,21-32,41-42H2,1-12H3. The summed E-state index contributed by atoms with van der Waals surface area (Å²) in [6.07, 6.45) is 1.64. The Kier molecular flexibility index (Phi) is 17.3. The minimum Gasteiger partial charge on any atom is -0.507 e. The zero-order valence-corrected chi connectivity index (χ0v) is 47.7. The smallest absolute Gasteiger partial charge is 0.126 e. The minimum absolute atomic E-state index is 0.223. The number of phenolic OH excluding ortho intramolecular Hbond substituents is 2. The van der Waals surface area contributed by atoms with Crippen molar-refractivity contribution in [2.24, 2.45) is 0 Å². The zero-order chi connectivity index (χ0) is 53.7. The molecular weight excluding hydrogens is 953 g/mol. The second-order valence-corrected chi connectivity index (χ2v) is 25.8. The summed E-state index contributed by atoms with van der Waals surface area (Å²) in [6, 6.07) is 33.8. The fourth-order valence-electron chi connectivity index (χ4n) is 9.84. The lowest BCUT2D eigenvalue weighted by Crippen LogP contribution is -2.18. The topological polar surface area (TPSA) is 95.8 Å². The molecule has 0 radical (unpaired) electrons. The summed E-state index contributed by atoms with van der Waals surface area (Å²) in [7, 11) is 0. The van der Waals surface area contributed by atoms with E-state index in [2.05, 4.69) is 144 Å². The molecule has 6 aromatic rings. The van der Waals surface area contributed by atoms with Crippen molar-refractivity contribution < 1.29 is 38.6 Å². The van der Waals surface area contributed by atoms with Crippen LogP contribution in [0.15, 0.2) is 97.1 Å². The number of fused-ring (bicyclic) bond motifs is 14. The quantitative estimate of drug-likeness (QED) is 0.154. The fraction of sp³-hybridized carbons (Fsp3) is 0.455. The number of para-hydroxylation sites is 2. The second-order valence-electron chi connectivity index (χ2n) is 24.6. The summed E-state index contributed by atoms with van der Waals surface area (Å²) in [5.41, 5.74) is 12.7. The highest BCUT2D eigenvalue weighted by Crippen LogP contribution is 2.44. The van der Waals surface area contributed by atoms with E-state index in [1.54, 1.807) is 0 Å². The van der Waals surface area contributed by atoms with E-state index in [0.29, 0.717) is 65.3 Å². The summed E-state index contributed by atoms with van der Waals surface area (Å²) < 4.78 is 39.4. The third-order valence-corrected chi connectivity index (χ3v) is 15.3. The van der Waals surface area contributed by atoms with Gasteiger partial charge in [0.2, 0.25) is 0 Å². The van der Waals surface area contributed by atoms with Crippen molar-refractivity contribution in [2.75, 3.05) is 51.1 Å². The summed E-state index contributed by atoms with van der Waals surface area (Å²) >= 11 is 1.81. The van der Waals surface area contributed by atoms with Crippen molar-refractivity contribution in [3.63, 3.8) is 0 Å². The third kappa shape index (κ3) is 14.1. The van der Waals surface area contributed by atoms with E-state index >= 15 is 0 Å². The van der Waals surface area contributed by atoms with E-state index in [0.717, 1.165) is 112 Å². The van der Waals surface area contributed by atoms with E-state index in [1.807, 2.05) is 48.2 Å². The number of benzene rings is 6. The molecule has 0 unspecified atom stereocenters. The van der Waals surface area contributed by atoms with Gasteiger partial charge in [-0.15, -0.1) is 0 Å². The van der Waals surface area contributed by atoms with Crippen LogP contribution in [0.1, 0.15) is 161 Å². The maximum absolute atomic E-state index is 12.8. The summed E-state index contributed by atoms with van der Waals surface area (Å²) in [4.78, 5) is 0.